The Morgan fingerprint density at radius 1 is 1.47 bits per heavy atom. The van der Waals surface area contributed by atoms with Crippen molar-refractivity contribution in [2.75, 3.05) is 5.73 Å². The number of anilines is 1. The average molecular weight is 297 g/mol. The molecule has 3 nitrogen and oxygen atoms in total. The number of rotatable bonds is 3. The van der Waals surface area contributed by atoms with Gasteiger partial charge in [0.15, 0.2) is 0 Å². The first-order valence-corrected chi connectivity index (χ1v) is 6.57. The van der Waals surface area contributed by atoms with Gasteiger partial charge in [-0.1, -0.05) is 0 Å². The van der Waals surface area contributed by atoms with Crippen molar-refractivity contribution in [3.05, 3.63) is 28.2 Å². The number of carbonyl (C=O) groups excluding carboxylic acids is 1. The fraction of sp³-hybridized carbons (Fsp3) is 0.462. The summed E-state index contributed by atoms with van der Waals surface area (Å²) in [7, 11) is 0. The van der Waals surface area contributed by atoms with Gasteiger partial charge in [0, 0.05) is 21.3 Å². The Morgan fingerprint density at radius 3 is 2.65 bits per heavy atom. The largest absolute Gasteiger partial charge is 0.398 e. The van der Waals surface area contributed by atoms with Crippen molar-refractivity contribution in [1.29, 1.82) is 0 Å². The average Bonchev–Trinajstić information content (AvgIpc) is 3.04. The third-order valence-corrected chi connectivity index (χ3v) is 4.01. The second-order valence-electron chi connectivity index (χ2n) is 5.19. The van der Waals surface area contributed by atoms with E-state index in [0.29, 0.717) is 17.2 Å². The van der Waals surface area contributed by atoms with Crippen molar-refractivity contribution >= 4 is 27.5 Å². The van der Waals surface area contributed by atoms with Crippen LogP contribution in [0.1, 0.15) is 37.0 Å². The Balaban J connectivity index is 2.11. The Kier molecular flexibility index (Phi) is 3.17. The predicted octanol–water partition coefficient (Wildman–Crippen LogP) is 2.95. The fourth-order valence-electron chi connectivity index (χ4n) is 1.96. The molecule has 0 atom stereocenters. The van der Waals surface area contributed by atoms with Crippen molar-refractivity contribution in [3.63, 3.8) is 0 Å². The zero-order chi connectivity index (χ0) is 12.6. The number of hydrogen-bond donors (Lipinski definition) is 2. The first-order chi connectivity index (χ1) is 7.90. The molecule has 17 heavy (non-hydrogen) atoms. The molecule has 4 heteroatoms. The highest BCUT2D eigenvalue weighted by Gasteiger charge is 2.38. The van der Waals surface area contributed by atoms with Crippen LogP contribution in [-0.4, -0.2) is 11.4 Å². The van der Waals surface area contributed by atoms with Crippen molar-refractivity contribution in [3.8, 4) is 0 Å². The molecule has 92 valence electrons. The minimum Gasteiger partial charge on any atom is -0.398 e. The van der Waals surface area contributed by atoms with Crippen LogP contribution in [0.15, 0.2) is 22.7 Å². The van der Waals surface area contributed by atoms with Crippen molar-refractivity contribution in [2.45, 2.75) is 32.2 Å². The number of carbonyl (C=O) groups is 1. The smallest absolute Gasteiger partial charge is 0.251 e. The normalized spacial score (nSPS) is 15.7. The molecule has 0 aliphatic heterocycles. The van der Waals surface area contributed by atoms with Crippen molar-refractivity contribution < 1.29 is 4.79 Å². The van der Waals surface area contributed by atoms with Crippen LogP contribution in [0.25, 0.3) is 0 Å². The first-order valence-electron chi connectivity index (χ1n) is 5.77. The van der Waals surface area contributed by atoms with Gasteiger partial charge in [-0.05, 0) is 66.7 Å². The minimum atomic E-state index is -0.126. The number of halogens is 1. The highest BCUT2D eigenvalue weighted by molar-refractivity contribution is 9.10. The second-order valence-corrected chi connectivity index (χ2v) is 6.04. The van der Waals surface area contributed by atoms with E-state index in [0.717, 1.165) is 4.47 Å². The van der Waals surface area contributed by atoms with E-state index in [1.165, 1.54) is 12.8 Å². The number of nitrogens with one attached hydrogen (secondary N) is 1. The Bertz CT molecular complexity index is 453. The molecule has 1 aliphatic rings. The number of amides is 1. The first kappa shape index (κ1) is 12.4. The highest BCUT2D eigenvalue weighted by Crippen LogP contribution is 2.39. The van der Waals surface area contributed by atoms with E-state index >= 15 is 0 Å². The molecule has 0 unspecified atom stereocenters. The van der Waals surface area contributed by atoms with Crippen LogP contribution in [0.3, 0.4) is 0 Å². The maximum atomic E-state index is 12.1. The van der Waals surface area contributed by atoms with E-state index in [9.17, 15) is 4.79 Å². The van der Waals surface area contributed by atoms with Gasteiger partial charge in [0.25, 0.3) is 5.91 Å². The summed E-state index contributed by atoms with van der Waals surface area (Å²) in [6.07, 6.45) is 2.41. The lowest BCUT2D eigenvalue weighted by atomic mass is 9.98. The standard InChI is InChI=1S/C13H17BrN2O/c1-13(2,9-4-5-9)16-12(17)8-3-6-10(14)11(15)7-8/h3,6-7,9H,4-5,15H2,1-2H3,(H,16,17). The van der Waals surface area contributed by atoms with E-state index in [4.69, 9.17) is 5.73 Å². The van der Waals surface area contributed by atoms with Crippen LogP contribution in [0.4, 0.5) is 5.69 Å². The Hall–Kier alpha value is -1.03. The Labute approximate surface area is 110 Å². The Morgan fingerprint density at radius 2 is 2.12 bits per heavy atom. The van der Waals surface area contributed by atoms with Gasteiger partial charge in [-0.15, -0.1) is 0 Å². The van der Waals surface area contributed by atoms with Gasteiger partial charge in [0.1, 0.15) is 0 Å². The zero-order valence-corrected chi connectivity index (χ0v) is 11.7. The summed E-state index contributed by atoms with van der Waals surface area (Å²) in [6, 6.07) is 5.27. The molecule has 0 bridgehead atoms. The molecule has 0 spiro atoms. The third kappa shape index (κ3) is 2.80. The SMILES string of the molecule is CC(C)(NC(=O)c1ccc(Br)c(N)c1)C1CC1. The molecule has 2 rings (SSSR count). The quantitative estimate of drug-likeness (QED) is 0.843. The number of benzene rings is 1. The summed E-state index contributed by atoms with van der Waals surface area (Å²) in [5.74, 6) is 0.556. The minimum absolute atomic E-state index is 0.0545. The van der Waals surface area contributed by atoms with Crippen LogP contribution < -0.4 is 11.1 Å². The molecule has 1 amide bonds. The molecule has 1 aliphatic carbocycles. The lowest BCUT2D eigenvalue weighted by Gasteiger charge is -2.26. The fourth-order valence-corrected chi connectivity index (χ4v) is 2.20. The molecule has 0 heterocycles. The van der Waals surface area contributed by atoms with Crippen LogP contribution in [-0.2, 0) is 0 Å². The van der Waals surface area contributed by atoms with Crippen LogP contribution in [0.5, 0.6) is 0 Å². The number of nitrogen functional groups attached to an aromatic ring is 1. The number of nitrogens with two attached hydrogens (primary N) is 1. The van der Waals surface area contributed by atoms with Gasteiger partial charge in [-0.2, -0.15) is 0 Å². The van der Waals surface area contributed by atoms with E-state index < -0.39 is 0 Å². The van der Waals surface area contributed by atoms with Gasteiger partial charge in [0.2, 0.25) is 0 Å². The molecule has 0 saturated heterocycles. The molecule has 1 saturated carbocycles. The van der Waals surface area contributed by atoms with Gasteiger partial charge in [0.05, 0.1) is 0 Å². The van der Waals surface area contributed by atoms with Crippen molar-refractivity contribution in [2.24, 2.45) is 5.92 Å². The highest BCUT2D eigenvalue weighted by atomic mass is 79.9. The maximum absolute atomic E-state index is 12.1. The van der Waals surface area contributed by atoms with Gasteiger partial charge < -0.3 is 11.1 Å². The van der Waals surface area contributed by atoms with E-state index in [2.05, 4.69) is 35.1 Å². The second kappa shape index (κ2) is 4.33. The van der Waals surface area contributed by atoms with E-state index in [-0.39, 0.29) is 11.4 Å². The lowest BCUT2D eigenvalue weighted by Crippen LogP contribution is -2.45. The molecule has 0 aromatic heterocycles. The van der Waals surface area contributed by atoms with Crippen LogP contribution in [0, 0.1) is 5.92 Å². The summed E-state index contributed by atoms with van der Waals surface area (Å²) in [5, 5.41) is 3.07. The molecular weight excluding hydrogens is 280 g/mol. The molecule has 0 radical (unpaired) electrons. The summed E-state index contributed by atoms with van der Waals surface area (Å²) >= 11 is 3.32. The van der Waals surface area contributed by atoms with Crippen molar-refractivity contribution in [1.82, 2.24) is 5.32 Å². The number of hydrogen-bond acceptors (Lipinski definition) is 2. The zero-order valence-electron chi connectivity index (χ0n) is 10.1. The molecular formula is C13H17BrN2O. The van der Waals surface area contributed by atoms with E-state index in [1.807, 2.05) is 0 Å². The predicted molar refractivity (Wildman–Crippen MR) is 72.8 cm³/mol. The molecule has 1 fully saturated rings. The maximum Gasteiger partial charge on any atom is 0.251 e. The van der Waals surface area contributed by atoms with Gasteiger partial charge in [-0.3, -0.25) is 4.79 Å². The lowest BCUT2D eigenvalue weighted by molar-refractivity contribution is 0.0903. The summed E-state index contributed by atoms with van der Waals surface area (Å²) in [4.78, 5) is 12.1. The summed E-state index contributed by atoms with van der Waals surface area (Å²) < 4.78 is 0.815. The van der Waals surface area contributed by atoms with Crippen LogP contribution in [0.2, 0.25) is 0 Å². The van der Waals surface area contributed by atoms with Gasteiger partial charge >= 0.3 is 0 Å². The topological polar surface area (TPSA) is 55.1 Å². The third-order valence-electron chi connectivity index (χ3n) is 3.29. The molecule has 3 N–H and O–H groups in total. The summed E-state index contributed by atoms with van der Waals surface area (Å²) in [6.45, 7) is 4.15. The van der Waals surface area contributed by atoms with Gasteiger partial charge in [-0.25, -0.2) is 0 Å². The monoisotopic (exact) mass is 296 g/mol. The molecule has 1 aromatic carbocycles. The molecule has 1 aromatic rings. The van der Waals surface area contributed by atoms with E-state index in [1.54, 1.807) is 18.2 Å². The summed E-state index contributed by atoms with van der Waals surface area (Å²) in [5.41, 5.74) is 6.84. The van der Waals surface area contributed by atoms with Crippen LogP contribution >= 0.6 is 15.9 Å².